The number of anilines is 6. The number of amides is 1. The van der Waals surface area contributed by atoms with Crippen molar-refractivity contribution in [3.63, 3.8) is 0 Å². The van der Waals surface area contributed by atoms with Gasteiger partial charge in [0.15, 0.2) is 5.82 Å². The number of aromatic nitrogens is 2. The van der Waals surface area contributed by atoms with Crippen LogP contribution in [-0.4, -0.2) is 30.5 Å². The minimum absolute atomic E-state index is 0.0709. The highest BCUT2D eigenvalue weighted by molar-refractivity contribution is 7.92. The van der Waals surface area contributed by atoms with Crippen molar-refractivity contribution >= 4 is 50.4 Å². The third kappa shape index (κ3) is 6.11. The second-order valence-electron chi connectivity index (χ2n) is 8.08. The predicted octanol–water partition coefficient (Wildman–Crippen LogP) is 2.21. The van der Waals surface area contributed by atoms with Crippen molar-refractivity contribution in [3.05, 3.63) is 60.3 Å². The maximum absolute atomic E-state index is 11.9. The molecule has 4 rings (SSSR count). The fourth-order valence-corrected chi connectivity index (χ4v) is 3.81. The topological polar surface area (TPSA) is 168 Å². The highest BCUT2D eigenvalue weighted by atomic mass is 32.2. The van der Waals surface area contributed by atoms with E-state index in [2.05, 4.69) is 25.3 Å². The largest absolute Gasteiger partial charge is 0.394 e. The van der Waals surface area contributed by atoms with Gasteiger partial charge in [-0.25, -0.2) is 19.2 Å². The Bertz CT molecular complexity index is 1310. The van der Waals surface area contributed by atoms with E-state index in [0.717, 1.165) is 24.7 Å². The summed E-state index contributed by atoms with van der Waals surface area (Å²) in [7, 11) is -3.41. The van der Waals surface area contributed by atoms with Gasteiger partial charge >= 0.3 is 0 Å². The number of sulfonamides is 1. The van der Waals surface area contributed by atoms with Crippen LogP contribution in [0.1, 0.15) is 18.4 Å². The lowest BCUT2D eigenvalue weighted by atomic mass is 10.2. The van der Waals surface area contributed by atoms with Crippen molar-refractivity contribution in [1.82, 2.24) is 15.3 Å². The lowest BCUT2D eigenvalue weighted by Gasteiger charge is -2.20. The molecule has 1 aliphatic rings. The molecule has 7 N–H and O–H groups in total. The molecule has 3 aromatic rings. The van der Waals surface area contributed by atoms with Gasteiger partial charge < -0.3 is 16.4 Å². The first-order valence-corrected chi connectivity index (χ1v) is 12.5. The first-order chi connectivity index (χ1) is 16.2. The van der Waals surface area contributed by atoms with Crippen LogP contribution in [0.4, 0.5) is 34.5 Å². The fraction of sp³-hybridized carbons (Fsp3) is 0.227. The summed E-state index contributed by atoms with van der Waals surface area (Å²) < 4.78 is 25.4. The maximum atomic E-state index is 11.9. The molecular weight excluding hydrogens is 456 g/mol. The van der Waals surface area contributed by atoms with E-state index in [1.807, 2.05) is 18.2 Å². The Morgan fingerprint density at radius 2 is 1.88 bits per heavy atom. The summed E-state index contributed by atoms with van der Waals surface area (Å²) in [4.78, 5) is 20.5. The highest BCUT2D eigenvalue weighted by Crippen LogP contribution is 2.30. The van der Waals surface area contributed by atoms with Gasteiger partial charge in [0.2, 0.25) is 21.9 Å². The number of nitrogens with two attached hydrogens (primary N) is 2. The zero-order chi connectivity index (χ0) is 24.3. The van der Waals surface area contributed by atoms with Gasteiger partial charge in [-0.2, -0.15) is 4.98 Å². The molecule has 2 aromatic carbocycles. The summed E-state index contributed by atoms with van der Waals surface area (Å²) in [5.41, 5.74) is 8.85. The lowest BCUT2D eigenvalue weighted by Crippen LogP contribution is -2.28. The molecule has 11 nitrogen and oxygen atoms in total. The molecule has 1 aliphatic carbocycles. The molecule has 1 heterocycles. The highest BCUT2D eigenvalue weighted by Gasteiger charge is 2.29. The number of nitrogen functional groups attached to an aromatic ring is 1. The molecule has 1 saturated carbocycles. The Kier molecular flexibility index (Phi) is 6.52. The summed E-state index contributed by atoms with van der Waals surface area (Å²) in [5, 5.41) is 7.30. The normalized spacial score (nSPS) is 13.2. The van der Waals surface area contributed by atoms with Crippen molar-refractivity contribution < 1.29 is 13.2 Å². The molecule has 1 fully saturated rings. The molecule has 34 heavy (non-hydrogen) atoms. The van der Waals surface area contributed by atoms with Gasteiger partial charge in [0.05, 0.1) is 29.5 Å². The molecule has 12 heteroatoms. The predicted molar refractivity (Wildman–Crippen MR) is 132 cm³/mol. The van der Waals surface area contributed by atoms with E-state index < -0.39 is 10.0 Å². The smallest absolute Gasteiger partial charge is 0.229 e. The standard InChI is InChI=1S/C22H26N8O3S/c1-34(32,33)29-17-6-3-5-16(11-17)27-22-26-13-19(23)20(28-22)30(24)18-7-2-4-14(10-18)12-25-21(31)15-8-9-15/h2-7,10-11,13,15,29H,8-9,12,23-24H2,1H3,(H,25,31)(H,26,27,28). The number of rotatable bonds is 9. The Labute approximate surface area is 197 Å². The number of hydrogen-bond donors (Lipinski definition) is 5. The van der Waals surface area contributed by atoms with E-state index in [0.29, 0.717) is 23.6 Å². The third-order valence-corrected chi connectivity index (χ3v) is 5.66. The zero-order valence-electron chi connectivity index (χ0n) is 18.5. The van der Waals surface area contributed by atoms with Crippen LogP contribution in [0.25, 0.3) is 0 Å². The van der Waals surface area contributed by atoms with Gasteiger partial charge in [-0.3, -0.25) is 14.5 Å². The van der Waals surface area contributed by atoms with Gasteiger partial charge in [0, 0.05) is 18.2 Å². The molecule has 0 aliphatic heterocycles. The summed E-state index contributed by atoms with van der Waals surface area (Å²) >= 11 is 0. The van der Waals surface area contributed by atoms with Crippen molar-refractivity contribution in [2.24, 2.45) is 11.8 Å². The first kappa shape index (κ1) is 23.3. The quantitative estimate of drug-likeness (QED) is 0.227. The van der Waals surface area contributed by atoms with Crippen molar-refractivity contribution in [2.45, 2.75) is 19.4 Å². The van der Waals surface area contributed by atoms with Crippen LogP contribution in [0, 0.1) is 5.92 Å². The van der Waals surface area contributed by atoms with Gasteiger partial charge in [0.1, 0.15) is 0 Å². The Hall–Kier alpha value is -3.90. The molecule has 0 saturated heterocycles. The van der Waals surface area contributed by atoms with Crippen molar-refractivity contribution in [3.8, 4) is 0 Å². The van der Waals surface area contributed by atoms with E-state index >= 15 is 0 Å². The number of nitrogens with one attached hydrogen (secondary N) is 3. The van der Waals surface area contributed by atoms with Crippen LogP contribution >= 0.6 is 0 Å². The van der Waals surface area contributed by atoms with E-state index in [9.17, 15) is 13.2 Å². The van der Waals surface area contributed by atoms with Crippen LogP contribution in [0.15, 0.2) is 54.7 Å². The maximum Gasteiger partial charge on any atom is 0.229 e. The van der Waals surface area contributed by atoms with E-state index in [-0.39, 0.29) is 29.3 Å². The Balaban J connectivity index is 1.50. The molecule has 0 atom stereocenters. The monoisotopic (exact) mass is 482 g/mol. The minimum Gasteiger partial charge on any atom is -0.394 e. The van der Waals surface area contributed by atoms with Gasteiger partial charge in [-0.1, -0.05) is 18.2 Å². The van der Waals surface area contributed by atoms with Crippen LogP contribution in [-0.2, 0) is 21.4 Å². The first-order valence-electron chi connectivity index (χ1n) is 10.6. The second kappa shape index (κ2) is 9.53. The van der Waals surface area contributed by atoms with E-state index in [1.54, 1.807) is 30.3 Å². The minimum atomic E-state index is -3.41. The average molecular weight is 483 g/mol. The molecule has 1 amide bonds. The number of carbonyl (C=O) groups is 1. The lowest BCUT2D eigenvalue weighted by molar-refractivity contribution is -0.122. The second-order valence-corrected chi connectivity index (χ2v) is 9.83. The van der Waals surface area contributed by atoms with E-state index in [4.69, 9.17) is 11.6 Å². The van der Waals surface area contributed by atoms with E-state index in [1.165, 1.54) is 11.2 Å². The van der Waals surface area contributed by atoms with Crippen molar-refractivity contribution in [1.29, 1.82) is 0 Å². The Morgan fingerprint density at radius 1 is 1.15 bits per heavy atom. The molecule has 0 unspecified atom stereocenters. The molecule has 1 aromatic heterocycles. The summed E-state index contributed by atoms with van der Waals surface area (Å²) in [5.74, 6) is 7.05. The molecule has 178 valence electrons. The molecule has 0 spiro atoms. The van der Waals surface area contributed by atoms with Gasteiger partial charge in [0.25, 0.3) is 0 Å². The number of hydrazine groups is 1. The Morgan fingerprint density at radius 3 is 2.62 bits per heavy atom. The third-order valence-electron chi connectivity index (χ3n) is 5.05. The summed E-state index contributed by atoms with van der Waals surface area (Å²) in [6.07, 6.45) is 4.41. The van der Waals surface area contributed by atoms with Gasteiger partial charge in [-0.15, -0.1) is 0 Å². The average Bonchev–Trinajstić information content (AvgIpc) is 3.63. The van der Waals surface area contributed by atoms with Crippen LogP contribution in [0.2, 0.25) is 0 Å². The molecular formula is C22H26N8O3S. The fourth-order valence-electron chi connectivity index (χ4n) is 3.26. The van der Waals surface area contributed by atoms with Crippen LogP contribution in [0.3, 0.4) is 0 Å². The molecule has 0 radical (unpaired) electrons. The van der Waals surface area contributed by atoms with Crippen LogP contribution < -0.4 is 31.9 Å². The number of nitrogens with zero attached hydrogens (tertiary/aromatic N) is 3. The van der Waals surface area contributed by atoms with Gasteiger partial charge in [-0.05, 0) is 48.7 Å². The van der Waals surface area contributed by atoms with Crippen molar-refractivity contribution in [2.75, 3.05) is 27.0 Å². The number of hydrogen-bond acceptors (Lipinski definition) is 9. The SMILES string of the molecule is CS(=O)(=O)Nc1cccc(Nc2ncc(N)c(N(N)c3cccc(CNC(=O)C4CC4)c3)n2)c1. The number of carbonyl (C=O) groups excluding carboxylic acids is 1. The molecule has 0 bridgehead atoms. The van der Waals surface area contributed by atoms with Crippen LogP contribution in [0.5, 0.6) is 0 Å². The zero-order valence-corrected chi connectivity index (χ0v) is 19.3. The number of benzene rings is 2. The summed E-state index contributed by atoms with van der Waals surface area (Å²) in [6, 6.07) is 14.1. The summed E-state index contributed by atoms with van der Waals surface area (Å²) in [6.45, 7) is 0.404.